The lowest BCUT2D eigenvalue weighted by Gasteiger charge is -2.09. The predicted octanol–water partition coefficient (Wildman–Crippen LogP) is 4.02. The van der Waals surface area contributed by atoms with E-state index in [1.807, 2.05) is 11.8 Å². The van der Waals surface area contributed by atoms with E-state index in [1.165, 1.54) is 16.0 Å². The minimum absolute atomic E-state index is 0.679. The van der Waals surface area contributed by atoms with Gasteiger partial charge in [0.2, 0.25) is 0 Å². The number of para-hydroxylation sites is 1. The number of hydrogen-bond donors (Lipinski definition) is 1. The number of aromatic nitrogens is 1. The highest BCUT2D eigenvalue weighted by Crippen LogP contribution is 2.27. The van der Waals surface area contributed by atoms with E-state index in [2.05, 4.69) is 48.6 Å². The summed E-state index contributed by atoms with van der Waals surface area (Å²) in [7, 11) is 0. The molecule has 0 spiro atoms. The molecule has 4 heteroatoms. The quantitative estimate of drug-likeness (QED) is 0.885. The molecule has 1 heterocycles. The molecule has 1 unspecified atom stereocenters. The van der Waals surface area contributed by atoms with E-state index in [1.54, 1.807) is 11.3 Å². The summed E-state index contributed by atoms with van der Waals surface area (Å²) >= 11 is 3.64. The number of anilines is 1. The third-order valence-corrected chi connectivity index (χ3v) is 4.55. The minimum Gasteiger partial charge on any atom is -0.361 e. The summed E-state index contributed by atoms with van der Waals surface area (Å²) in [6, 6.07) is 6.34. The summed E-state index contributed by atoms with van der Waals surface area (Å²) in [5.74, 6) is 1.87. The molecule has 2 rings (SSSR count). The first-order valence-corrected chi connectivity index (χ1v) is 8.00. The minimum atomic E-state index is 0.679. The molecule has 1 atom stereocenters. The van der Waals surface area contributed by atoms with Crippen molar-refractivity contribution >= 4 is 38.4 Å². The third kappa shape index (κ3) is 3.13. The average Bonchev–Trinajstić information content (AvgIpc) is 2.71. The zero-order valence-electron chi connectivity index (χ0n) is 10.5. The largest absolute Gasteiger partial charge is 0.361 e. The van der Waals surface area contributed by atoms with Gasteiger partial charge >= 0.3 is 0 Å². The van der Waals surface area contributed by atoms with Crippen LogP contribution in [0.4, 0.5) is 5.13 Å². The zero-order chi connectivity index (χ0) is 12.3. The summed E-state index contributed by atoms with van der Waals surface area (Å²) < 4.78 is 1.27. The van der Waals surface area contributed by atoms with Gasteiger partial charge in [-0.1, -0.05) is 30.4 Å². The van der Waals surface area contributed by atoms with E-state index in [4.69, 9.17) is 0 Å². The molecule has 1 aromatic carbocycles. The maximum absolute atomic E-state index is 4.64. The highest BCUT2D eigenvalue weighted by molar-refractivity contribution is 7.98. The zero-order valence-corrected chi connectivity index (χ0v) is 12.1. The Bertz CT molecular complexity index is 493. The molecule has 0 saturated heterocycles. The smallest absolute Gasteiger partial charge is 0.183 e. The second-order valence-electron chi connectivity index (χ2n) is 4.38. The number of thioether (sulfide) groups is 1. The molecule has 2 nitrogen and oxygen atoms in total. The van der Waals surface area contributed by atoms with Gasteiger partial charge < -0.3 is 5.32 Å². The van der Waals surface area contributed by atoms with Crippen LogP contribution in [0.15, 0.2) is 18.2 Å². The summed E-state index contributed by atoms with van der Waals surface area (Å²) in [5, 5.41) is 4.48. The van der Waals surface area contributed by atoms with Gasteiger partial charge in [-0.2, -0.15) is 11.8 Å². The lowest BCUT2D eigenvalue weighted by molar-refractivity contribution is 0.701. The second kappa shape index (κ2) is 5.74. The van der Waals surface area contributed by atoms with Crippen LogP contribution in [-0.2, 0) is 0 Å². The van der Waals surface area contributed by atoms with Crippen LogP contribution >= 0.6 is 23.1 Å². The Kier molecular flexibility index (Phi) is 4.29. The molecule has 17 heavy (non-hydrogen) atoms. The van der Waals surface area contributed by atoms with Crippen molar-refractivity contribution in [3.8, 4) is 0 Å². The molecule has 0 aliphatic rings. The number of fused-ring (bicyclic) bond motifs is 1. The highest BCUT2D eigenvalue weighted by Gasteiger charge is 2.06. The Balaban J connectivity index is 2.07. The monoisotopic (exact) mass is 266 g/mol. The summed E-state index contributed by atoms with van der Waals surface area (Å²) in [6.07, 6.45) is 2.15. The molecule has 0 amide bonds. The fraction of sp³-hybridized carbons (Fsp3) is 0.462. The van der Waals surface area contributed by atoms with Crippen molar-refractivity contribution in [2.75, 3.05) is 23.9 Å². The van der Waals surface area contributed by atoms with Gasteiger partial charge in [0.25, 0.3) is 0 Å². The van der Waals surface area contributed by atoms with Gasteiger partial charge in [-0.3, -0.25) is 0 Å². The SMILES string of the molecule is CSCC(C)CNc1nc2c(C)cccc2s1. The third-order valence-electron chi connectivity index (χ3n) is 2.67. The van der Waals surface area contributed by atoms with E-state index in [-0.39, 0.29) is 0 Å². The summed E-state index contributed by atoms with van der Waals surface area (Å²) in [5.41, 5.74) is 2.39. The van der Waals surface area contributed by atoms with Crippen molar-refractivity contribution in [2.45, 2.75) is 13.8 Å². The maximum atomic E-state index is 4.64. The molecule has 0 aliphatic heterocycles. The van der Waals surface area contributed by atoms with Gasteiger partial charge in [0.1, 0.15) is 0 Å². The van der Waals surface area contributed by atoms with Crippen LogP contribution in [0.2, 0.25) is 0 Å². The number of rotatable bonds is 5. The molecule has 0 saturated carbocycles. The van der Waals surface area contributed by atoms with Crippen LogP contribution in [-0.4, -0.2) is 23.5 Å². The topological polar surface area (TPSA) is 24.9 Å². The van der Waals surface area contributed by atoms with Crippen molar-refractivity contribution in [2.24, 2.45) is 5.92 Å². The number of hydrogen-bond acceptors (Lipinski definition) is 4. The lowest BCUT2D eigenvalue weighted by Crippen LogP contribution is -2.12. The van der Waals surface area contributed by atoms with Gasteiger partial charge in [0, 0.05) is 6.54 Å². The van der Waals surface area contributed by atoms with E-state index >= 15 is 0 Å². The molecule has 1 aromatic heterocycles. The first kappa shape index (κ1) is 12.7. The molecule has 0 fully saturated rings. The van der Waals surface area contributed by atoms with Crippen molar-refractivity contribution in [1.29, 1.82) is 0 Å². The molecule has 0 aliphatic carbocycles. The van der Waals surface area contributed by atoms with Crippen LogP contribution in [0, 0.1) is 12.8 Å². The van der Waals surface area contributed by atoms with E-state index in [9.17, 15) is 0 Å². The van der Waals surface area contributed by atoms with Gasteiger partial charge in [-0.15, -0.1) is 0 Å². The second-order valence-corrected chi connectivity index (χ2v) is 6.32. The van der Waals surface area contributed by atoms with Crippen LogP contribution < -0.4 is 5.32 Å². The maximum Gasteiger partial charge on any atom is 0.183 e. The van der Waals surface area contributed by atoms with Crippen LogP contribution in [0.25, 0.3) is 10.2 Å². The summed E-state index contributed by atoms with van der Waals surface area (Å²) in [4.78, 5) is 4.64. The van der Waals surface area contributed by atoms with Crippen LogP contribution in [0.1, 0.15) is 12.5 Å². The van der Waals surface area contributed by atoms with Crippen molar-refractivity contribution in [1.82, 2.24) is 4.98 Å². The van der Waals surface area contributed by atoms with E-state index in [0.29, 0.717) is 5.92 Å². The Morgan fingerprint density at radius 1 is 1.47 bits per heavy atom. The van der Waals surface area contributed by atoms with E-state index < -0.39 is 0 Å². The number of nitrogens with zero attached hydrogens (tertiary/aromatic N) is 1. The molecule has 1 N–H and O–H groups in total. The van der Waals surface area contributed by atoms with Gasteiger partial charge in [-0.05, 0) is 36.5 Å². The Labute approximate surface area is 111 Å². The Morgan fingerprint density at radius 2 is 2.29 bits per heavy atom. The van der Waals surface area contributed by atoms with Gasteiger partial charge in [0.05, 0.1) is 10.2 Å². The predicted molar refractivity (Wildman–Crippen MR) is 80.4 cm³/mol. The Hall–Kier alpha value is -0.740. The Morgan fingerprint density at radius 3 is 3.00 bits per heavy atom. The fourth-order valence-electron chi connectivity index (χ4n) is 1.77. The van der Waals surface area contributed by atoms with Crippen molar-refractivity contribution < 1.29 is 0 Å². The molecular formula is C13H18N2S2. The number of benzene rings is 1. The normalized spacial score (nSPS) is 12.9. The highest BCUT2D eigenvalue weighted by atomic mass is 32.2. The first-order chi connectivity index (χ1) is 8.20. The molecule has 92 valence electrons. The molecule has 0 bridgehead atoms. The van der Waals surface area contributed by atoms with Gasteiger partial charge in [-0.25, -0.2) is 4.98 Å². The van der Waals surface area contributed by atoms with Crippen LogP contribution in [0.5, 0.6) is 0 Å². The van der Waals surface area contributed by atoms with E-state index in [0.717, 1.165) is 17.2 Å². The van der Waals surface area contributed by atoms with Crippen molar-refractivity contribution in [3.63, 3.8) is 0 Å². The van der Waals surface area contributed by atoms with Gasteiger partial charge in [0.15, 0.2) is 5.13 Å². The van der Waals surface area contributed by atoms with Crippen molar-refractivity contribution in [3.05, 3.63) is 23.8 Å². The first-order valence-electron chi connectivity index (χ1n) is 5.79. The fourth-order valence-corrected chi connectivity index (χ4v) is 3.40. The standard InChI is InChI=1S/C13H18N2S2/c1-9(8-16-3)7-14-13-15-12-10(2)5-4-6-11(12)17-13/h4-6,9H,7-8H2,1-3H3,(H,14,15). The average molecular weight is 266 g/mol. The number of nitrogens with one attached hydrogen (secondary N) is 1. The molecular weight excluding hydrogens is 248 g/mol. The lowest BCUT2D eigenvalue weighted by atomic mass is 10.2. The molecule has 0 radical (unpaired) electrons. The summed E-state index contributed by atoms with van der Waals surface area (Å²) in [6.45, 7) is 5.38. The molecule has 2 aromatic rings. The van der Waals surface area contributed by atoms with Crippen LogP contribution in [0.3, 0.4) is 0 Å². The number of thiazole rings is 1. The number of aryl methyl sites for hydroxylation is 1.